The number of ether oxygens (including phenoxy) is 1. The lowest BCUT2D eigenvalue weighted by Gasteiger charge is -2.35. The highest BCUT2D eigenvalue weighted by molar-refractivity contribution is 6.01. The number of halogens is 1. The van der Waals surface area contributed by atoms with Crippen LogP contribution in [0.25, 0.3) is 32.8 Å². The molecule has 200 valence electrons. The molecule has 8 rings (SSSR count). The molecule has 1 aromatic heterocycles. The normalized spacial score (nSPS) is 26.5. The van der Waals surface area contributed by atoms with Crippen molar-refractivity contribution in [2.75, 3.05) is 49.2 Å². The van der Waals surface area contributed by atoms with Gasteiger partial charge in [0.25, 0.3) is 0 Å². The number of aromatic nitrogens is 2. The van der Waals surface area contributed by atoms with Gasteiger partial charge in [0, 0.05) is 61.2 Å². The third-order valence-electron chi connectivity index (χ3n) is 9.33. The van der Waals surface area contributed by atoms with Crippen molar-refractivity contribution in [2.24, 2.45) is 5.41 Å². The minimum Gasteiger partial charge on any atom is -0.508 e. The average molecular weight is 526 g/mol. The molecule has 3 aromatic carbocycles. The Kier molecular flexibility index (Phi) is 5.26. The number of rotatable bonds is 3. The van der Waals surface area contributed by atoms with Gasteiger partial charge in [0.05, 0.1) is 6.61 Å². The van der Waals surface area contributed by atoms with E-state index in [9.17, 15) is 5.11 Å². The molecule has 0 saturated carbocycles. The van der Waals surface area contributed by atoms with Crippen LogP contribution in [0, 0.1) is 11.2 Å². The number of hydrogen-bond acceptors (Lipinski definition) is 7. The van der Waals surface area contributed by atoms with Crippen LogP contribution in [0.5, 0.6) is 5.75 Å². The summed E-state index contributed by atoms with van der Waals surface area (Å²) in [6, 6.07) is 15.8. The Labute approximate surface area is 226 Å². The van der Waals surface area contributed by atoms with E-state index < -0.39 is 0 Å². The molecule has 4 saturated heterocycles. The van der Waals surface area contributed by atoms with Crippen LogP contribution in [-0.4, -0.2) is 66.6 Å². The van der Waals surface area contributed by atoms with Crippen LogP contribution < -0.4 is 15.1 Å². The monoisotopic (exact) mass is 525 g/mol. The van der Waals surface area contributed by atoms with Crippen LogP contribution in [0.1, 0.15) is 25.7 Å². The summed E-state index contributed by atoms with van der Waals surface area (Å²) in [7, 11) is 0. The maximum atomic E-state index is 16.6. The first kappa shape index (κ1) is 23.4. The van der Waals surface area contributed by atoms with Crippen LogP contribution >= 0.6 is 0 Å². The van der Waals surface area contributed by atoms with Crippen LogP contribution in [0.4, 0.5) is 16.2 Å². The smallest absolute Gasteiger partial charge is 0.228 e. The van der Waals surface area contributed by atoms with Crippen molar-refractivity contribution in [3.63, 3.8) is 0 Å². The molecule has 7 nitrogen and oxygen atoms in total. The maximum absolute atomic E-state index is 16.6. The summed E-state index contributed by atoms with van der Waals surface area (Å²) in [5, 5.41) is 16.7. The van der Waals surface area contributed by atoms with Gasteiger partial charge < -0.3 is 25.0 Å². The number of fused-ring (bicyclic) bond motifs is 4. The molecule has 0 aliphatic carbocycles. The number of nitrogens with zero attached hydrogens (tertiary/aromatic N) is 4. The zero-order valence-electron chi connectivity index (χ0n) is 21.9. The van der Waals surface area contributed by atoms with Crippen molar-refractivity contribution in [2.45, 2.75) is 37.8 Å². The van der Waals surface area contributed by atoms with Gasteiger partial charge in [-0.25, -0.2) is 9.37 Å². The van der Waals surface area contributed by atoms with Gasteiger partial charge in [0.1, 0.15) is 17.1 Å². The van der Waals surface area contributed by atoms with Crippen LogP contribution in [0.3, 0.4) is 0 Å². The zero-order chi connectivity index (χ0) is 26.1. The lowest BCUT2D eigenvalue weighted by Crippen LogP contribution is -2.51. The van der Waals surface area contributed by atoms with E-state index in [4.69, 9.17) is 14.7 Å². The number of nitrogens with one attached hydrogen (secondary N) is 1. The van der Waals surface area contributed by atoms with Crippen molar-refractivity contribution in [3.8, 4) is 16.9 Å². The third kappa shape index (κ3) is 3.84. The van der Waals surface area contributed by atoms with Gasteiger partial charge >= 0.3 is 0 Å². The highest BCUT2D eigenvalue weighted by Crippen LogP contribution is 2.42. The number of hydrogen-bond donors (Lipinski definition) is 2. The van der Waals surface area contributed by atoms with Gasteiger partial charge in [-0.15, -0.1) is 0 Å². The molecule has 4 aliphatic rings. The van der Waals surface area contributed by atoms with E-state index in [2.05, 4.69) is 15.1 Å². The quantitative estimate of drug-likeness (QED) is 0.396. The summed E-state index contributed by atoms with van der Waals surface area (Å²) < 4.78 is 22.4. The maximum Gasteiger partial charge on any atom is 0.228 e. The van der Waals surface area contributed by atoms with E-state index in [0.29, 0.717) is 34.7 Å². The molecule has 4 fully saturated rings. The van der Waals surface area contributed by atoms with Crippen molar-refractivity contribution < 1.29 is 14.2 Å². The van der Waals surface area contributed by atoms with Gasteiger partial charge in [-0.3, -0.25) is 0 Å². The Hall–Kier alpha value is -3.49. The summed E-state index contributed by atoms with van der Waals surface area (Å²) in [6.07, 6.45) is 4.41. The zero-order valence-corrected chi connectivity index (χ0v) is 21.9. The number of aromatic hydroxyl groups is 1. The second kappa shape index (κ2) is 8.76. The first-order valence-electron chi connectivity index (χ1n) is 14.1. The first-order valence-corrected chi connectivity index (χ1v) is 14.1. The van der Waals surface area contributed by atoms with Crippen molar-refractivity contribution >= 4 is 33.4 Å². The van der Waals surface area contributed by atoms with E-state index in [1.807, 2.05) is 36.4 Å². The SMILES string of the molecule is Oc1cc(-c2ccc3c(N4C[C@H]5CC[C@@H](C4)N5)nc(N4CCC5(CCOC5)C4)nc3c2F)c2ccccc2c1. The average Bonchev–Trinajstić information content (AvgIpc) is 3.68. The van der Waals surface area contributed by atoms with Gasteiger partial charge in [-0.2, -0.15) is 4.98 Å². The summed E-state index contributed by atoms with van der Waals surface area (Å²) in [6.45, 7) is 4.98. The molecule has 1 unspecified atom stereocenters. The second-order valence-electron chi connectivity index (χ2n) is 11.9. The number of benzene rings is 3. The Morgan fingerprint density at radius 1 is 0.949 bits per heavy atom. The van der Waals surface area contributed by atoms with Gasteiger partial charge in [-0.1, -0.05) is 30.3 Å². The molecule has 5 heterocycles. The fourth-order valence-corrected chi connectivity index (χ4v) is 7.29. The molecule has 8 heteroatoms. The molecule has 2 N–H and O–H groups in total. The summed E-state index contributed by atoms with van der Waals surface area (Å²) in [5.74, 6) is 1.17. The van der Waals surface area contributed by atoms with Crippen LogP contribution in [0.15, 0.2) is 48.5 Å². The third-order valence-corrected chi connectivity index (χ3v) is 9.33. The molecule has 0 radical (unpaired) electrons. The minimum absolute atomic E-state index is 0.115. The molecule has 3 atom stereocenters. The molecule has 1 spiro atoms. The lowest BCUT2D eigenvalue weighted by molar-refractivity contribution is 0.160. The molecule has 4 aliphatic heterocycles. The standard InChI is InChI=1S/C31H32FN5O2/c32-27-24(26-14-22(38)13-19-3-1-2-4-23(19)26)7-8-25-28(27)34-30(36-11-9-31(17-36)10-12-39-18-31)35-29(25)37-15-20-5-6-21(16-37)33-20/h1-4,7-8,13-14,20-21,33,38H,5-6,9-12,15-18H2/t20-,21+,31?. The van der Waals surface area contributed by atoms with Gasteiger partial charge in [0.15, 0.2) is 5.82 Å². The Morgan fingerprint density at radius 2 is 1.79 bits per heavy atom. The molecular weight excluding hydrogens is 493 g/mol. The highest BCUT2D eigenvalue weighted by atomic mass is 19.1. The Morgan fingerprint density at radius 3 is 2.62 bits per heavy atom. The predicted octanol–water partition coefficient (Wildman–Crippen LogP) is 4.85. The number of phenolic OH excluding ortho intramolecular Hbond substituents is 1. The predicted molar refractivity (Wildman–Crippen MR) is 151 cm³/mol. The topological polar surface area (TPSA) is 73.8 Å². The van der Waals surface area contributed by atoms with E-state index in [1.165, 1.54) is 0 Å². The van der Waals surface area contributed by atoms with E-state index in [0.717, 1.165) is 87.1 Å². The molecule has 0 amide bonds. The molecule has 39 heavy (non-hydrogen) atoms. The van der Waals surface area contributed by atoms with E-state index in [-0.39, 0.29) is 17.0 Å². The second-order valence-corrected chi connectivity index (χ2v) is 11.9. The van der Waals surface area contributed by atoms with E-state index in [1.54, 1.807) is 12.1 Å². The van der Waals surface area contributed by atoms with Crippen LogP contribution in [-0.2, 0) is 4.74 Å². The fraction of sp³-hybridized carbons (Fsp3) is 0.419. The van der Waals surface area contributed by atoms with Crippen LogP contribution in [0.2, 0.25) is 0 Å². The van der Waals surface area contributed by atoms with Crippen molar-refractivity contribution in [1.82, 2.24) is 15.3 Å². The Bertz CT molecular complexity index is 1590. The van der Waals surface area contributed by atoms with Crippen molar-refractivity contribution in [3.05, 3.63) is 54.3 Å². The Balaban J connectivity index is 1.30. The molecule has 2 bridgehead atoms. The summed E-state index contributed by atoms with van der Waals surface area (Å²) in [4.78, 5) is 14.6. The lowest BCUT2D eigenvalue weighted by atomic mass is 9.87. The number of phenols is 1. The minimum atomic E-state index is -0.371. The van der Waals surface area contributed by atoms with Crippen molar-refractivity contribution in [1.29, 1.82) is 0 Å². The van der Waals surface area contributed by atoms with E-state index >= 15 is 4.39 Å². The number of anilines is 2. The summed E-state index contributed by atoms with van der Waals surface area (Å²) >= 11 is 0. The summed E-state index contributed by atoms with van der Waals surface area (Å²) in [5.41, 5.74) is 1.59. The van der Waals surface area contributed by atoms with Gasteiger partial charge in [-0.05, 0) is 60.2 Å². The van der Waals surface area contributed by atoms with Gasteiger partial charge in [0.2, 0.25) is 5.95 Å². The molecule has 4 aromatic rings. The first-order chi connectivity index (χ1) is 19.1. The highest BCUT2D eigenvalue weighted by Gasteiger charge is 2.42. The number of piperazine rings is 1. The fourth-order valence-electron chi connectivity index (χ4n) is 7.29. The molecular formula is C31H32FN5O2. The largest absolute Gasteiger partial charge is 0.508 e.